The molecule has 8 heteroatoms. The maximum Gasteiger partial charge on any atom is 0.191 e. The lowest BCUT2D eigenvalue weighted by molar-refractivity contribution is 0.601. The summed E-state index contributed by atoms with van der Waals surface area (Å²) in [7, 11) is 0.454. The minimum atomic E-state index is -3.20. The van der Waals surface area contributed by atoms with Gasteiger partial charge in [-0.25, -0.2) is 8.42 Å². The van der Waals surface area contributed by atoms with Crippen molar-refractivity contribution in [1.29, 1.82) is 0 Å². The molecule has 1 aromatic carbocycles. The Hall–Kier alpha value is -2.35. The van der Waals surface area contributed by atoms with E-state index in [0.29, 0.717) is 23.9 Å². The van der Waals surface area contributed by atoms with Crippen LogP contribution in [0.3, 0.4) is 0 Å². The Morgan fingerprint density at radius 1 is 1.19 bits per heavy atom. The number of sulfone groups is 1. The molecule has 0 unspecified atom stereocenters. The maximum atomic E-state index is 11.7. The van der Waals surface area contributed by atoms with Crippen LogP contribution in [0.25, 0.3) is 0 Å². The molecule has 0 aliphatic heterocycles. The molecule has 1 heterocycles. The summed E-state index contributed by atoms with van der Waals surface area (Å²) in [6.45, 7) is 7.03. The molecule has 0 fully saturated rings. The standard InChI is InChI=1S/C18H27N5O2S/c1-12-9-15(7-8-17(12)26(6,24)25)10-20-18(19-4)21-11-16-13(2)22-23(5)14(16)3/h7-9H,10-11H2,1-6H3,(H2,19,20,21). The van der Waals surface area contributed by atoms with Gasteiger partial charge in [0, 0.05) is 44.7 Å². The summed E-state index contributed by atoms with van der Waals surface area (Å²) in [5, 5.41) is 11.0. The average molecular weight is 378 g/mol. The SMILES string of the molecule is CN=C(NCc1ccc(S(C)(=O)=O)c(C)c1)NCc1c(C)nn(C)c1C. The van der Waals surface area contributed by atoms with Crippen molar-refractivity contribution in [3.8, 4) is 0 Å². The summed E-state index contributed by atoms with van der Waals surface area (Å²) < 4.78 is 25.3. The number of rotatable bonds is 5. The summed E-state index contributed by atoms with van der Waals surface area (Å²) >= 11 is 0. The van der Waals surface area contributed by atoms with Crippen molar-refractivity contribution in [1.82, 2.24) is 20.4 Å². The minimum Gasteiger partial charge on any atom is -0.352 e. The lowest BCUT2D eigenvalue weighted by atomic mass is 10.1. The van der Waals surface area contributed by atoms with Crippen molar-refractivity contribution < 1.29 is 8.42 Å². The summed E-state index contributed by atoms with van der Waals surface area (Å²) in [6, 6.07) is 5.35. The highest BCUT2D eigenvalue weighted by Gasteiger charge is 2.12. The van der Waals surface area contributed by atoms with Gasteiger partial charge in [0.1, 0.15) is 0 Å². The van der Waals surface area contributed by atoms with Gasteiger partial charge in [0.25, 0.3) is 0 Å². The van der Waals surface area contributed by atoms with E-state index in [-0.39, 0.29) is 0 Å². The molecule has 0 saturated carbocycles. The first-order chi connectivity index (χ1) is 12.1. The second-order valence-corrected chi connectivity index (χ2v) is 8.41. The first-order valence-electron chi connectivity index (χ1n) is 8.36. The van der Waals surface area contributed by atoms with Gasteiger partial charge in [-0.05, 0) is 38.0 Å². The van der Waals surface area contributed by atoms with Crippen molar-refractivity contribution in [2.45, 2.75) is 38.8 Å². The van der Waals surface area contributed by atoms with Gasteiger partial charge in [0.2, 0.25) is 0 Å². The Morgan fingerprint density at radius 2 is 1.85 bits per heavy atom. The van der Waals surface area contributed by atoms with E-state index < -0.39 is 9.84 Å². The van der Waals surface area contributed by atoms with Gasteiger partial charge < -0.3 is 10.6 Å². The molecule has 2 aromatic rings. The van der Waals surface area contributed by atoms with E-state index >= 15 is 0 Å². The van der Waals surface area contributed by atoms with E-state index in [9.17, 15) is 8.42 Å². The van der Waals surface area contributed by atoms with E-state index in [2.05, 4.69) is 20.7 Å². The summed E-state index contributed by atoms with van der Waals surface area (Å²) in [6.07, 6.45) is 1.22. The zero-order valence-electron chi connectivity index (χ0n) is 16.2. The molecule has 0 radical (unpaired) electrons. The lowest BCUT2D eigenvalue weighted by Gasteiger charge is -2.13. The number of nitrogens with one attached hydrogen (secondary N) is 2. The number of aliphatic imine (C=N–C) groups is 1. The van der Waals surface area contributed by atoms with Crippen LogP contribution in [0.15, 0.2) is 28.1 Å². The first kappa shape index (κ1) is 20.0. The van der Waals surface area contributed by atoms with Gasteiger partial charge in [-0.3, -0.25) is 9.67 Å². The Morgan fingerprint density at radius 3 is 2.35 bits per heavy atom. The number of hydrogen-bond acceptors (Lipinski definition) is 4. The molecule has 0 spiro atoms. The number of nitrogens with zero attached hydrogens (tertiary/aromatic N) is 3. The predicted octanol–water partition coefficient (Wildman–Crippen LogP) is 1.61. The third-order valence-corrected chi connectivity index (χ3v) is 5.67. The van der Waals surface area contributed by atoms with Crippen LogP contribution in [-0.2, 0) is 30.0 Å². The van der Waals surface area contributed by atoms with E-state index in [1.807, 2.05) is 37.7 Å². The zero-order chi connectivity index (χ0) is 19.5. The molecular formula is C18H27N5O2S. The second-order valence-electron chi connectivity index (χ2n) is 6.42. The van der Waals surface area contributed by atoms with Gasteiger partial charge in [0.05, 0.1) is 10.6 Å². The minimum absolute atomic E-state index is 0.367. The number of aromatic nitrogens is 2. The van der Waals surface area contributed by atoms with Crippen LogP contribution in [0.4, 0.5) is 0 Å². The van der Waals surface area contributed by atoms with Crippen LogP contribution in [-0.4, -0.2) is 37.5 Å². The summed E-state index contributed by atoms with van der Waals surface area (Å²) in [4.78, 5) is 4.60. The monoisotopic (exact) mass is 377 g/mol. The quantitative estimate of drug-likeness (QED) is 0.611. The zero-order valence-corrected chi connectivity index (χ0v) is 17.0. The van der Waals surface area contributed by atoms with Gasteiger partial charge in [-0.2, -0.15) is 5.10 Å². The van der Waals surface area contributed by atoms with Crippen molar-refractivity contribution in [3.05, 3.63) is 46.3 Å². The van der Waals surface area contributed by atoms with Crippen molar-refractivity contribution in [2.24, 2.45) is 12.0 Å². The molecule has 0 amide bonds. The molecule has 2 N–H and O–H groups in total. The van der Waals surface area contributed by atoms with Crippen molar-refractivity contribution in [3.63, 3.8) is 0 Å². The molecule has 26 heavy (non-hydrogen) atoms. The Kier molecular flexibility index (Phi) is 6.07. The Balaban J connectivity index is 2.00. The van der Waals surface area contributed by atoms with Crippen molar-refractivity contribution >= 4 is 15.8 Å². The van der Waals surface area contributed by atoms with E-state index in [0.717, 1.165) is 28.1 Å². The van der Waals surface area contributed by atoms with Crippen LogP contribution in [0.2, 0.25) is 0 Å². The molecule has 0 aliphatic rings. The number of aryl methyl sites for hydroxylation is 3. The molecule has 7 nitrogen and oxygen atoms in total. The highest BCUT2D eigenvalue weighted by atomic mass is 32.2. The molecule has 2 rings (SSSR count). The molecule has 0 bridgehead atoms. The topological polar surface area (TPSA) is 88.4 Å². The highest BCUT2D eigenvalue weighted by Crippen LogP contribution is 2.16. The van der Waals surface area contributed by atoms with E-state index in [1.54, 1.807) is 20.0 Å². The molecule has 0 aliphatic carbocycles. The molecule has 0 atom stereocenters. The van der Waals surface area contributed by atoms with Gasteiger partial charge in [-0.1, -0.05) is 12.1 Å². The van der Waals surface area contributed by atoms with Gasteiger partial charge in [0.15, 0.2) is 15.8 Å². The fraction of sp³-hybridized carbons (Fsp3) is 0.444. The first-order valence-corrected chi connectivity index (χ1v) is 10.3. The summed E-state index contributed by atoms with van der Waals surface area (Å²) in [5.41, 5.74) is 5.02. The highest BCUT2D eigenvalue weighted by molar-refractivity contribution is 7.90. The second kappa shape index (κ2) is 7.90. The number of guanidine groups is 1. The molecule has 0 saturated heterocycles. The third-order valence-electron chi connectivity index (χ3n) is 4.41. The fourth-order valence-corrected chi connectivity index (χ4v) is 3.85. The van der Waals surface area contributed by atoms with Gasteiger partial charge >= 0.3 is 0 Å². The van der Waals surface area contributed by atoms with Crippen LogP contribution >= 0.6 is 0 Å². The van der Waals surface area contributed by atoms with E-state index in [1.165, 1.54) is 6.26 Å². The van der Waals surface area contributed by atoms with Crippen LogP contribution in [0.5, 0.6) is 0 Å². The number of benzene rings is 1. The van der Waals surface area contributed by atoms with Crippen molar-refractivity contribution in [2.75, 3.05) is 13.3 Å². The fourth-order valence-electron chi connectivity index (χ4n) is 2.89. The summed E-state index contributed by atoms with van der Waals surface area (Å²) in [5.74, 6) is 0.678. The average Bonchev–Trinajstić information content (AvgIpc) is 2.79. The van der Waals surface area contributed by atoms with E-state index in [4.69, 9.17) is 0 Å². The number of hydrogen-bond donors (Lipinski definition) is 2. The Bertz CT molecular complexity index is 929. The molecule has 1 aromatic heterocycles. The normalized spacial score (nSPS) is 12.3. The molecular weight excluding hydrogens is 350 g/mol. The molecule has 142 valence electrons. The predicted molar refractivity (Wildman–Crippen MR) is 104 cm³/mol. The van der Waals surface area contributed by atoms with Crippen LogP contribution < -0.4 is 10.6 Å². The third kappa shape index (κ3) is 4.63. The van der Waals surface area contributed by atoms with Gasteiger partial charge in [-0.15, -0.1) is 0 Å². The maximum absolute atomic E-state index is 11.7. The Labute approximate surface area is 155 Å². The van der Waals surface area contributed by atoms with Crippen LogP contribution in [0.1, 0.15) is 28.1 Å². The lowest BCUT2D eigenvalue weighted by Crippen LogP contribution is -2.36. The smallest absolute Gasteiger partial charge is 0.191 e. The largest absolute Gasteiger partial charge is 0.352 e. The van der Waals surface area contributed by atoms with Crippen LogP contribution in [0, 0.1) is 20.8 Å².